The molecule has 0 spiro atoms. The Labute approximate surface area is 168 Å². The van der Waals surface area contributed by atoms with Gasteiger partial charge in [-0.15, -0.1) is 0 Å². The molecule has 1 aliphatic heterocycles. The fourth-order valence-electron chi connectivity index (χ4n) is 3.18. The molecule has 1 aromatic rings. The minimum absolute atomic E-state index is 0.108. The summed E-state index contributed by atoms with van der Waals surface area (Å²) in [5.41, 5.74) is 1.88. The Kier molecular flexibility index (Phi) is 9.07. The van der Waals surface area contributed by atoms with E-state index in [2.05, 4.69) is 34.7 Å². The van der Waals surface area contributed by atoms with Crippen LogP contribution in [-0.4, -0.2) is 55.3 Å². The Bertz CT molecular complexity index is 622. The maximum atomic E-state index is 11.8. The van der Waals surface area contributed by atoms with E-state index in [1.165, 1.54) is 0 Å². The lowest BCUT2D eigenvalue weighted by Crippen LogP contribution is -2.47. The van der Waals surface area contributed by atoms with Gasteiger partial charge in [-0.1, -0.05) is 12.1 Å². The molecule has 1 aliphatic rings. The molecule has 156 valence electrons. The zero-order valence-electron chi connectivity index (χ0n) is 17.6. The molecule has 0 saturated carbocycles. The van der Waals surface area contributed by atoms with Gasteiger partial charge in [0, 0.05) is 38.0 Å². The number of hydrogen-bond acceptors (Lipinski definition) is 3. The summed E-state index contributed by atoms with van der Waals surface area (Å²) in [7, 11) is 0. The highest BCUT2D eigenvalue weighted by Crippen LogP contribution is 2.15. The SMILES string of the molecule is CCNC(=NCc1ccc(NC(=O)NC(C)C)cc1)N1CCC(OCC)CC1. The van der Waals surface area contributed by atoms with Crippen molar-refractivity contribution in [3.8, 4) is 0 Å². The second-order valence-electron chi connectivity index (χ2n) is 7.26. The number of piperidine rings is 1. The molecular weight excluding hydrogens is 354 g/mol. The Morgan fingerprint density at radius 3 is 2.46 bits per heavy atom. The van der Waals surface area contributed by atoms with Crippen LogP contribution in [0.4, 0.5) is 10.5 Å². The van der Waals surface area contributed by atoms with Gasteiger partial charge in [0.05, 0.1) is 12.6 Å². The van der Waals surface area contributed by atoms with Gasteiger partial charge < -0.3 is 25.6 Å². The van der Waals surface area contributed by atoms with Crippen molar-refractivity contribution in [3.05, 3.63) is 29.8 Å². The van der Waals surface area contributed by atoms with Crippen molar-refractivity contribution in [1.29, 1.82) is 0 Å². The van der Waals surface area contributed by atoms with Gasteiger partial charge >= 0.3 is 6.03 Å². The summed E-state index contributed by atoms with van der Waals surface area (Å²) in [5.74, 6) is 0.955. The van der Waals surface area contributed by atoms with Gasteiger partial charge in [0.2, 0.25) is 0 Å². The maximum absolute atomic E-state index is 11.8. The van der Waals surface area contributed by atoms with Gasteiger partial charge in [0.25, 0.3) is 0 Å². The number of nitrogens with one attached hydrogen (secondary N) is 3. The lowest BCUT2D eigenvalue weighted by atomic mass is 10.1. The molecule has 2 amide bonds. The first-order valence-corrected chi connectivity index (χ1v) is 10.3. The van der Waals surface area contributed by atoms with Crippen LogP contribution in [-0.2, 0) is 11.3 Å². The third kappa shape index (κ3) is 7.38. The zero-order valence-corrected chi connectivity index (χ0v) is 17.6. The first kappa shape index (κ1) is 22.0. The number of anilines is 1. The topological polar surface area (TPSA) is 78.0 Å². The minimum atomic E-state index is -0.189. The molecule has 0 bridgehead atoms. The van der Waals surface area contributed by atoms with E-state index in [-0.39, 0.29) is 12.1 Å². The van der Waals surface area contributed by atoms with Crippen molar-refractivity contribution >= 4 is 17.7 Å². The molecular formula is C21H35N5O2. The van der Waals surface area contributed by atoms with Crippen molar-refractivity contribution in [2.75, 3.05) is 31.6 Å². The summed E-state index contributed by atoms with van der Waals surface area (Å²) in [5, 5.41) is 9.04. The number of guanidine groups is 1. The van der Waals surface area contributed by atoms with Crippen molar-refractivity contribution < 1.29 is 9.53 Å². The molecule has 0 aromatic heterocycles. The lowest BCUT2D eigenvalue weighted by Gasteiger charge is -2.34. The monoisotopic (exact) mass is 389 g/mol. The molecule has 1 aromatic carbocycles. The summed E-state index contributed by atoms with van der Waals surface area (Å²) in [6, 6.07) is 7.73. The number of ether oxygens (including phenoxy) is 1. The maximum Gasteiger partial charge on any atom is 0.319 e. The molecule has 3 N–H and O–H groups in total. The second-order valence-corrected chi connectivity index (χ2v) is 7.26. The summed E-state index contributed by atoms with van der Waals surface area (Å²) < 4.78 is 5.74. The highest BCUT2D eigenvalue weighted by molar-refractivity contribution is 5.89. The van der Waals surface area contributed by atoms with Gasteiger partial charge in [-0.3, -0.25) is 0 Å². The Morgan fingerprint density at radius 1 is 1.21 bits per heavy atom. The number of rotatable bonds is 7. The molecule has 0 radical (unpaired) electrons. The third-order valence-corrected chi connectivity index (χ3v) is 4.52. The van der Waals surface area contributed by atoms with Gasteiger partial charge in [0.1, 0.15) is 0 Å². The molecule has 0 unspecified atom stereocenters. The van der Waals surface area contributed by atoms with E-state index in [0.717, 1.165) is 56.3 Å². The van der Waals surface area contributed by atoms with E-state index < -0.39 is 0 Å². The standard InChI is InChI=1S/C21H35N5O2/c1-5-22-20(26-13-11-19(12-14-26)28-6-2)23-15-17-7-9-18(10-8-17)25-21(27)24-16(3)4/h7-10,16,19H,5-6,11-15H2,1-4H3,(H,22,23)(H2,24,25,27). The largest absolute Gasteiger partial charge is 0.378 e. The van der Waals surface area contributed by atoms with Crippen LogP contribution in [0, 0.1) is 0 Å². The van der Waals surface area contributed by atoms with Crippen molar-refractivity contribution in [2.24, 2.45) is 4.99 Å². The zero-order chi connectivity index (χ0) is 20.4. The Balaban J connectivity index is 1.91. The quantitative estimate of drug-likeness (QED) is 0.494. The average Bonchev–Trinajstić information content (AvgIpc) is 2.66. The summed E-state index contributed by atoms with van der Waals surface area (Å²) >= 11 is 0. The predicted molar refractivity (Wildman–Crippen MR) is 115 cm³/mol. The molecule has 0 aliphatic carbocycles. The third-order valence-electron chi connectivity index (χ3n) is 4.52. The molecule has 7 heteroatoms. The van der Waals surface area contributed by atoms with Crippen molar-refractivity contribution in [3.63, 3.8) is 0 Å². The number of hydrogen-bond donors (Lipinski definition) is 3. The molecule has 1 heterocycles. The van der Waals surface area contributed by atoms with Crippen LogP contribution in [0.5, 0.6) is 0 Å². The van der Waals surface area contributed by atoms with Crippen LogP contribution in [0.3, 0.4) is 0 Å². The van der Waals surface area contributed by atoms with E-state index in [9.17, 15) is 4.79 Å². The van der Waals surface area contributed by atoms with Crippen LogP contribution in [0.2, 0.25) is 0 Å². The Morgan fingerprint density at radius 2 is 1.89 bits per heavy atom. The van der Waals surface area contributed by atoms with Crippen molar-refractivity contribution in [1.82, 2.24) is 15.5 Å². The highest BCUT2D eigenvalue weighted by Gasteiger charge is 2.21. The summed E-state index contributed by atoms with van der Waals surface area (Å²) in [6.07, 6.45) is 2.45. The Hall–Kier alpha value is -2.28. The number of likely N-dealkylation sites (tertiary alicyclic amines) is 1. The fraction of sp³-hybridized carbons (Fsp3) is 0.619. The number of aliphatic imine (C=N–C) groups is 1. The van der Waals surface area contributed by atoms with Crippen LogP contribution < -0.4 is 16.0 Å². The number of carbonyl (C=O) groups excluding carboxylic acids is 1. The average molecular weight is 390 g/mol. The fourth-order valence-corrected chi connectivity index (χ4v) is 3.18. The molecule has 2 rings (SSSR count). The predicted octanol–water partition coefficient (Wildman–Crippen LogP) is 3.18. The number of carbonyl (C=O) groups is 1. The van der Waals surface area contributed by atoms with Gasteiger partial charge in [-0.25, -0.2) is 9.79 Å². The highest BCUT2D eigenvalue weighted by atomic mass is 16.5. The molecule has 1 saturated heterocycles. The van der Waals surface area contributed by atoms with Crippen LogP contribution in [0.15, 0.2) is 29.3 Å². The van der Waals surface area contributed by atoms with E-state index in [0.29, 0.717) is 12.6 Å². The smallest absolute Gasteiger partial charge is 0.319 e. The number of amides is 2. The van der Waals surface area contributed by atoms with Crippen LogP contribution in [0.25, 0.3) is 0 Å². The lowest BCUT2D eigenvalue weighted by molar-refractivity contribution is 0.0263. The van der Waals surface area contributed by atoms with Gasteiger partial charge in [-0.2, -0.15) is 0 Å². The molecule has 1 fully saturated rings. The van der Waals surface area contributed by atoms with E-state index in [4.69, 9.17) is 9.73 Å². The first-order valence-electron chi connectivity index (χ1n) is 10.3. The summed E-state index contributed by atoms with van der Waals surface area (Å²) in [6.45, 7) is 12.2. The van der Waals surface area contributed by atoms with E-state index in [1.54, 1.807) is 0 Å². The van der Waals surface area contributed by atoms with Crippen LogP contribution >= 0.6 is 0 Å². The molecule has 7 nitrogen and oxygen atoms in total. The number of nitrogens with zero attached hydrogens (tertiary/aromatic N) is 2. The summed E-state index contributed by atoms with van der Waals surface area (Å²) in [4.78, 5) is 18.9. The minimum Gasteiger partial charge on any atom is -0.378 e. The molecule has 0 atom stereocenters. The van der Waals surface area contributed by atoms with E-state index in [1.807, 2.05) is 38.1 Å². The normalized spacial score (nSPS) is 15.6. The number of benzene rings is 1. The number of urea groups is 1. The van der Waals surface area contributed by atoms with Gasteiger partial charge in [0.15, 0.2) is 5.96 Å². The first-order chi connectivity index (χ1) is 13.5. The second kappa shape index (κ2) is 11.5. The van der Waals surface area contributed by atoms with Crippen molar-refractivity contribution in [2.45, 2.75) is 59.2 Å². The van der Waals surface area contributed by atoms with Gasteiger partial charge in [-0.05, 0) is 58.2 Å². The molecule has 28 heavy (non-hydrogen) atoms. The van der Waals surface area contributed by atoms with Crippen LogP contribution in [0.1, 0.15) is 46.1 Å². The van der Waals surface area contributed by atoms with E-state index >= 15 is 0 Å².